The minimum Gasteiger partial charge on any atom is -0.333 e. The number of fused-ring (bicyclic) bond motifs is 8. The molecule has 0 aliphatic heterocycles. The molecule has 3 unspecified atom stereocenters. The molecule has 0 saturated carbocycles. The van der Waals surface area contributed by atoms with Gasteiger partial charge >= 0.3 is 0 Å². The molecule has 9 aromatic carbocycles. The van der Waals surface area contributed by atoms with Crippen LogP contribution in [0.2, 0.25) is 0 Å². The first-order valence-electron chi connectivity index (χ1n) is 22.5. The molecule has 2 nitrogen and oxygen atoms in total. The minimum absolute atomic E-state index is 0.217. The summed E-state index contributed by atoms with van der Waals surface area (Å²) >= 11 is 0. The third-order valence-corrected chi connectivity index (χ3v) is 14.4. The molecule has 0 amide bonds. The van der Waals surface area contributed by atoms with Crippen LogP contribution in [0.25, 0.3) is 32.9 Å². The monoisotopic (exact) mass is 816 g/mol. The van der Waals surface area contributed by atoms with Crippen LogP contribution in [0.3, 0.4) is 0 Å². The number of allylic oxidation sites excluding steroid dienone is 4. The molecule has 3 atom stereocenters. The number of rotatable bonds is 7. The minimum atomic E-state index is -0.717. The summed E-state index contributed by atoms with van der Waals surface area (Å²) in [6.45, 7) is 0. The second-order valence-corrected chi connectivity index (χ2v) is 17.4. The zero-order valence-electron chi connectivity index (χ0n) is 35.4. The highest BCUT2D eigenvalue weighted by molar-refractivity contribution is 6.09. The molecule has 10 aromatic rings. The number of para-hydroxylation sites is 3. The van der Waals surface area contributed by atoms with Gasteiger partial charge in [0.15, 0.2) is 0 Å². The predicted molar refractivity (Wildman–Crippen MR) is 265 cm³/mol. The molecule has 0 spiro atoms. The lowest BCUT2D eigenvalue weighted by Crippen LogP contribution is -2.44. The quantitative estimate of drug-likeness (QED) is 0.156. The molecule has 3 aliphatic carbocycles. The van der Waals surface area contributed by atoms with Crippen molar-refractivity contribution in [1.82, 2.24) is 4.57 Å². The van der Waals surface area contributed by atoms with Crippen LogP contribution < -0.4 is 4.90 Å². The number of anilines is 3. The van der Waals surface area contributed by atoms with Gasteiger partial charge in [0.2, 0.25) is 0 Å². The molecule has 13 rings (SSSR count). The molecule has 0 saturated heterocycles. The van der Waals surface area contributed by atoms with Gasteiger partial charge in [0, 0.05) is 27.7 Å². The van der Waals surface area contributed by atoms with Gasteiger partial charge in [-0.25, -0.2) is 0 Å². The summed E-state index contributed by atoms with van der Waals surface area (Å²) in [6, 6.07) is 84.5. The van der Waals surface area contributed by atoms with Crippen LogP contribution in [0.15, 0.2) is 249 Å². The van der Waals surface area contributed by atoms with Gasteiger partial charge in [-0.15, -0.1) is 0 Å². The lowest BCUT2D eigenvalue weighted by Gasteiger charge is -2.50. The van der Waals surface area contributed by atoms with E-state index in [0.717, 1.165) is 23.5 Å². The summed E-state index contributed by atoms with van der Waals surface area (Å²) in [5, 5.41) is 2.54. The topological polar surface area (TPSA) is 8.17 Å². The number of nitrogens with zero attached hydrogens (tertiary/aromatic N) is 2. The van der Waals surface area contributed by atoms with E-state index >= 15 is 0 Å². The molecule has 302 valence electrons. The molecule has 0 fully saturated rings. The van der Waals surface area contributed by atoms with Crippen LogP contribution in [0.1, 0.15) is 57.0 Å². The van der Waals surface area contributed by atoms with E-state index in [1.807, 2.05) is 0 Å². The second kappa shape index (κ2) is 14.3. The Hall–Kier alpha value is -7.94. The fourth-order valence-corrected chi connectivity index (χ4v) is 12.1. The summed E-state index contributed by atoms with van der Waals surface area (Å²) in [4.78, 5) is 2.51. The Balaban J connectivity index is 1.15. The van der Waals surface area contributed by atoms with Gasteiger partial charge in [-0.2, -0.15) is 0 Å². The zero-order chi connectivity index (χ0) is 42.2. The Morgan fingerprint density at radius 2 is 0.984 bits per heavy atom. The molecule has 0 radical (unpaired) electrons. The van der Waals surface area contributed by atoms with E-state index in [1.54, 1.807) is 0 Å². The SMILES string of the molecule is C1=CCC(n2c3ccccc3c3ccc(N(c4ccccc4)c4ccccc4C4(c5ccccc5)c5ccccc5C5(c6ccccc6)c6ccccc6-c6cccc4c65)cc32)C=C1. The largest absolute Gasteiger partial charge is 0.333 e. The maximum atomic E-state index is 2.56. The lowest BCUT2D eigenvalue weighted by molar-refractivity contribution is 0.627. The third-order valence-electron chi connectivity index (χ3n) is 14.4. The number of hydrogen-bond donors (Lipinski definition) is 0. The van der Waals surface area contributed by atoms with Crippen molar-refractivity contribution in [3.63, 3.8) is 0 Å². The van der Waals surface area contributed by atoms with Gasteiger partial charge in [0.25, 0.3) is 0 Å². The normalized spacial score (nSPS) is 19.0. The fraction of sp³-hybridized carbons (Fsp3) is 0.0645. The summed E-state index contributed by atoms with van der Waals surface area (Å²) < 4.78 is 2.56. The molecule has 64 heavy (non-hydrogen) atoms. The van der Waals surface area contributed by atoms with E-state index < -0.39 is 10.8 Å². The van der Waals surface area contributed by atoms with E-state index in [2.05, 4.69) is 258 Å². The van der Waals surface area contributed by atoms with E-state index in [9.17, 15) is 0 Å². The van der Waals surface area contributed by atoms with Crippen LogP contribution in [-0.4, -0.2) is 4.57 Å². The average molecular weight is 817 g/mol. The van der Waals surface area contributed by atoms with Crippen LogP contribution in [0.5, 0.6) is 0 Å². The van der Waals surface area contributed by atoms with E-state index in [0.29, 0.717) is 0 Å². The number of hydrogen-bond acceptors (Lipinski definition) is 1. The van der Waals surface area contributed by atoms with E-state index in [-0.39, 0.29) is 6.04 Å². The Morgan fingerprint density at radius 1 is 0.406 bits per heavy atom. The highest BCUT2D eigenvalue weighted by Crippen LogP contribution is 2.66. The van der Waals surface area contributed by atoms with Crippen LogP contribution in [0, 0.1) is 0 Å². The Bertz CT molecular complexity index is 3490. The predicted octanol–water partition coefficient (Wildman–Crippen LogP) is 15.4. The van der Waals surface area contributed by atoms with Crippen molar-refractivity contribution in [3.8, 4) is 11.1 Å². The highest BCUT2D eigenvalue weighted by Gasteiger charge is 2.58. The van der Waals surface area contributed by atoms with Crippen molar-refractivity contribution in [1.29, 1.82) is 0 Å². The lowest BCUT2D eigenvalue weighted by atomic mass is 9.51. The van der Waals surface area contributed by atoms with Gasteiger partial charge in [-0.1, -0.05) is 212 Å². The van der Waals surface area contributed by atoms with Crippen molar-refractivity contribution < 1.29 is 0 Å². The van der Waals surface area contributed by atoms with Crippen LogP contribution >= 0.6 is 0 Å². The summed E-state index contributed by atoms with van der Waals surface area (Å²) in [7, 11) is 0. The Morgan fingerprint density at radius 3 is 1.73 bits per heavy atom. The molecular weight excluding hydrogens is 773 g/mol. The maximum Gasteiger partial charge on any atom is 0.0728 e. The smallest absolute Gasteiger partial charge is 0.0728 e. The Kier molecular flexibility index (Phi) is 8.20. The first-order valence-corrected chi connectivity index (χ1v) is 22.5. The van der Waals surface area contributed by atoms with Gasteiger partial charge in [-0.05, 0) is 98.5 Å². The van der Waals surface area contributed by atoms with Gasteiger partial charge in [0.1, 0.15) is 0 Å². The third kappa shape index (κ3) is 4.97. The zero-order valence-corrected chi connectivity index (χ0v) is 35.4. The van der Waals surface area contributed by atoms with Gasteiger partial charge in [-0.3, -0.25) is 0 Å². The fourth-order valence-electron chi connectivity index (χ4n) is 12.1. The average Bonchev–Trinajstić information content (AvgIpc) is 3.87. The van der Waals surface area contributed by atoms with E-state index in [4.69, 9.17) is 0 Å². The van der Waals surface area contributed by atoms with Crippen molar-refractivity contribution >= 4 is 38.9 Å². The first kappa shape index (κ1) is 36.7. The summed E-state index contributed by atoms with van der Waals surface area (Å²) in [5.41, 5.74) is 17.6. The molecule has 0 bridgehead atoms. The van der Waals surface area contributed by atoms with Crippen LogP contribution in [0.4, 0.5) is 17.1 Å². The van der Waals surface area contributed by atoms with E-state index in [1.165, 1.54) is 77.4 Å². The molecule has 3 aliphatic rings. The molecule has 2 heteroatoms. The van der Waals surface area contributed by atoms with Crippen molar-refractivity contribution in [2.75, 3.05) is 4.90 Å². The maximum absolute atomic E-state index is 2.56. The summed E-state index contributed by atoms with van der Waals surface area (Å²) in [5.74, 6) is 0. The number of benzene rings is 9. The van der Waals surface area contributed by atoms with Gasteiger partial charge < -0.3 is 9.47 Å². The van der Waals surface area contributed by atoms with Crippen LogP contribution in [-0.2, 0) is 10.8 Å². The van der Waals surface area contributed by atoms with Crippen molar-refractivity contribution in [2.45, 2.75) is 23.3 Å². The second-order valence-electron chi connectivity index (χ2n) is 17.4. The van der Waals surface area contributed by atoms with Gasteiger partial charge in [0.05, 0.1) is 28.1 Å². The molecule has 0 N–H and O–H groups in total. The van der Waals surface area contributed by atoms with Crippen molar-refractivity contribution in [3.05, 3.63) is 293 Å². The standard InChI is InChI=1S/C62H44N2/c1-5-22-43(23-6-1)61(53-34-16-17-35-54(53)62(44-24-7-2-8-25-44)52-33-15-13-30-48(52)51-32-21-37-56(61)60(51)62)55-36-18-20-39-58(55)63(45-26-9-3-10-27-45)47-40-41-50-49-31-14-19-38-57(49)64(59(50)42-47)46-28-11-4-12-29-46/h1-28,30-42,46H,29H2. The molecule has 1 heterocycles. The molecular formula is C62H44N2. The Labute approximate surface area is 374 Å². The first-order chi connectivity index (χ1) is 31.8. The van der Waals surface area contributed by atoms with Crippen molar-refractivity contribution in [2.24, 2.45) is 0 Å². The highest BCUT2D eigenvalue weighted by atomic mass is 15.1. The molecule has 1 aromatic heterocycles. The summed E-state index contributed by atoms with van der Waals surface area (Å²) in [6.07, 6.45) is 9.95. The number of aromatic nitrogens is 1.